The average Bonchev–Trinajstić information content (AvgIpc) is 3.00. The number of hydrogen-bond donors (Lipinski definition) is 4. The molecule has 0 spiro atoms. The molecule has 4 rings (SSSR count). The zero-order valence-corrected chi connectivity index (χ0v) is 24.5. The van der Waals surface area contributed by atoms with Crippen LogP contribution in [0.25, 0.3) is 0 Å². The molecule has 0 saturated heterocycles. The Balaban J connectivity index is 1.32. The molecule has 0 unspecified atom stereocenters. The fourth-order valence-electron chi connectivity index (χ4n) is 4.32. The minimum Gasteiger partial charge on any atom is -0.490 e. The van der Waals surface area contributed by atoms with Crippen molar-refractivity contribution in [3.05, 3.63) is 100 Å². The van der Waals surface area contributed by atoms with Crippen LogP contribution in [0.1, 0.15) is 42.1 Å². The van der Waals surface area contributed by atoms with Crippen LogP contribution in [0.2, 0.25) is 0 Å². The number of amides is 2. The molecule has 0 fully saturated rings. The molecule has 4 N–H and O–H groups in total. The number of allylic oxidation sites excluding steroid dienone is 1. The first-order chi connectivity index (χ1) is 20.8. The van der Waals surface area contributed by atoms with E-state index in [0.29, 0.717) is 36.0 Å². The van der Waals surface area contributed by atoms with Crippen LogP contribution in [-0.2, 0) is 16.1 Å². The minimum absolute atomic E-state index is 0.126. The van der Waals surface area contributed by atoms with E-state index in [4.69, 9.17) is 18.9 Å². The summed E-state index contributed by atoms with van der Waals surface area (Å²) in [6.45, 7) is 6.20. The average molecular weight is 589 g/mol. The molecule has 0 radical (unpaired) electrons. The minimum atomic E-state index is -1.11. The summed E-state index contributed by atoms with van der Waals surface area (Å²) < 4.78 is 22.3. The summed E-state index contributed by atoms with van der Waals surface area (Å²) in [4.78, 5) is 24.5. The Kier molecular flexibility index (Phi) is 10.6. The van der Waals surface area contributed by atoms with Crippen LogP contribution in [-0.4, -0.2) is 49.9 Å². The summed E-state index contributed by atoms with van der Waals surface area (Å²) in [5.41, 5.74) is 7.02. The molecule has 0 saturated carbocycles. The second kappa shape index (κ2) is 14.7. The normalized spacial score (nSPS) is 15.4. The van der Waals surface area contributed by atoms with E-state index >= 15 is 0 Å². The number of nitrogens with one attached hydrogen (secondary N) is 3. The van der Waals surface area contributed by atoms with Crippen molar-refractivity contribution in [3.63, 3.8) is 0 Å². The molecule has 43 heavy (non-hydrogen) atoms. The van der Waals surface area contributed by atoms with Crippen molar-refractivity contribution in [2.75, 3.05) is 20.3 Å². The van der Waals surface area contributed by atoms with E-state index in [1.54, 1.807) is 31.3 Å². The lowest BCUT2D eigenvalue weighted by Gasteiger charge is -2.28. The van der Waals surface area contributed by atoms with Crippen LogP contribution in [0.3, 0.4) is 0 Å². The zero-order chi connectivity index (χ0) is 30.8. The van der Waals surface area contributed by atoms with Crippen LogP contribution in [0, 0.1) is 6.92 Å². The van der Waals surface area contributed by atoms with Gasteiger partial charge in [-0.1, -0.05) is 35.9 Å². The number of urea groups is 1. The van der Waals surface area contributed by atoms with Crippen LogP contribution in [0.5, 0.6) is 17.2 Å². The Morgan fingerprint density at radius 2 is 1.77 bits per heavy atom. The maximum Gasteiger partial charge on any atom is 0.337 e. The van der Waals surface area contributed by atoms with Crippen molar-refractivity contribution in [3.8, 4) is 17.2 Å². The van der Waals surface area contributed by atoms with E-state index in [1.807, 2.05) is 50.2 Å². The topological polar surface area (TPSA) is 140 Å². The number of benzene rings is 3. The highest BCUT2D eigenvalue weighted by molar-refractivity contribution is 5.95. The van der Waals surface area contributed by atoms with E-state index in [0.717, 1.165) is 16.9 Å². The van der Waals surface area contributed by atoms with Gasteiger partial charge in [-0.3, -0.25) is 5.43 Å². The predicted molar refractivity (Wildman–Crippen MR) is 161 cm³/mol. The van der Waals surface area contributed by atoms with Gasteiger partial charge in [0, 0.05) is 5.70 Å². The lowest BCUT2D eigenvalue weighted by Crippen LogP contribution is -2.45. The van der Waals surface area contributed by atoms with E-state index in [1.165, 1.54) is 12.7 Å². The molecule has 1 heterocycles. The number of aryl methyl sites for hydroxylation is 1. The van der Waals surface area contributed by atoms with Crippen molar-refractivity contribution in [1.82, 2.24) is 16.1 Å². The maximum absolute atomic E-state index is 12.4. The van der Waals surface area contributed by atoms with E-state index in [-0.39, 0.29) is 12.2 Å². The molecule has 3 aromatic rings. The Morgan fingerprint density at radius 1 is 1.02 bits per heavy atom. The predicted octanol–water partition coefficient (Wildman–Crippen LogP) is 4.09. The number of ether oxygens (including phenoxy) is 4. The Morgan fingerprint density at radius 3 is 2.47 bits per heavy atom. The number of methoxy groups -OCH3 is 1. The van der Waals surface area contributed by atoms with Crippen LogP contribution in [0.4, 0.5) is 4.79 Å². The van der Waals surface area contributed by atoms with Gasteiger partial charge in [0.2, 0.25) is 0 Å². The molecule has 11 heteroatoms. The fraction of sp³-hybridized carbons (Fsp3) is 0.281. The summed E-state index contributed by atoms with van der Waals surface area (Å²) in [6.07, 6.45) is 0.470. The van der Waals surface area contributed by atoms with E-state index < -0.39 is 24.3 Å². The second-order valence-electron chi connectivity index (χ2n) is 9.76. The molecule has 0 aromatic heterocycles. The third-order valence-corrected chi connectivity index (χ3v) is 6.52. The Bertz CT molecular complexity index is 1470. The van der Waals surface area contributed by atoms with Gasteiger partial charge in [0.15, 0.2) is 17.7 Å². The molecule has 226 valence electrons. The van der Waals surface area contributed by atoms with Gasteiger partial charge in [-0.2, -0.15) is 5.10 Å². The largest absolute Gasteiger partial charge is 0.490 e. The number of nitrogens with zero attached hydrogens (tertiary/aromatic N) is 1. The van der Waals surface area contributed by atoms with Crippen molar-refractivity contribution in [1.29, 1.82) is 0 Å². The van der Waals surface area contributed by atoms with Gasteiger partial charge in [-0.15, -0.1) is 0 Å². The number of aliphatic hydroxyl groups excluding tert-OH is 1. The van der Waals surface area contributed by atoms with Gasteiger partial charge >= 0.3 is 12.0 Å². The molecular formula is C32H36N4O7. The Labute approximate surface area is 250 Å². The number of rotatable bonds is 13. The van der Waals surface area contributed by atoms with Crippen molar-refractivity contribution < 1.29 is 33.6 Å². The highest BCUT2D eigenvalue weighted by Crippen LogP contribution is 2.35. The summed E-state index contributed by atoms with van der Waals surface area (Å²) in [5, 5.41) is 19.8. The van der Waals surface area contributed by atoms with Gasteiger partial charge in [0.25, 0.3) is 0 Å². The lowest BCUT2D eigenvalue weighted by molar-refractivity contribution is -0.136. The standard InChI is InChI=1S/C32H36N4O7/c1-5-41-27-16-24(30-29(31(38)40-4)21(3)34-32(39)35-30)12-15-26(27)43-19-28(37)36-33-17-22-10-13-25(14-11-22)42-18-23-8-6-20(2)7-9-23/h6-17,28,30,36-37H,5,18-19H2,1-4H3,(H2,34,35,39)/b33-17-/t28-,30-/m0/s1. The summed E-state index contributed by atoms with van der Waals surface area (Å²) >= 11 is 0. The molecule has 0 aliphatic carbocycles. The Hall–Kier alpha value is -5.03. The molecule has 11 nitrogen and oxygen atoms in total. The first-order valence-electron chi connectivity index (χ1n) is 13.8. The summed E-state index contributed by atoms with van der Waals surface area (Å²) in [7, 11) is 1.28. The maximum atomic E-state index is 12.4. The molecule has 2 atom stereocenters. The summed E-state index contributed by atoms with van der Waals surface area (Å²) in [6, 6.07) is 19.5. The fourth-order valence-corrected chi connectivity index (χ4v) is 4.32. The van der Waals surface area contributed by atoms with Crippen molar-refractivity contribution in [2.45, 2.75) is 39.6 Å². The molecule has 1 aliphatic heterocycles. The number of hydrazone groups is 1. The highest BCUT2D eigenvalue weighted by Gasteiger charge is 2.32. The second-order valence-corrected chi connectivity index (χ2v) is 9.76. The van der Waals surface area contributed by atoms with Gasteiger partial charge < -0.3 is 34.7 Å². The number of hydrogen-bond acceptors (Lipinski definition) is 9. The molecule has 0 bridgehead atoms. The zero-order valence-electron chi connectivity index (χ0n) is 24.5. The van der Waals surface area contributed by atoms with Gasteiger partial charge in [-0.05, 0) is 73.9 Å². The first kappa shape index (κ1) is 30.9. The lowest BCUT2D eigenvalue weighted by atomic mass is 9.95. The van der Waals surface area contributed by atoms with Gasteiger partial charge in [-0.25, -0.2) is 9.59 Å². The van der Waals surface area contributed by atoms with Crippen molar-refractivity contribution in [2.24, 2.45) is 5.10 Å². The molecule has 2 amide bonds. The van der Waals surface area contributed by atoms with Crippen LogP contribution in [0.15, 0.2) is 83.1 Å². The first-order valence-corrected chi connectivity index (χ1v) is 13.8. The smallest absolute Gasteiger partial charge is 0.337 e. The quantitative estimate of drug-likeness (QED) is 0.101. The number of esters is 1. The number of aliphatic hydroxyl groups is 1. The summed E-state index contributed by atoms with van der Waals surface area (Å²) in [5.74, 6) is 0.933. The highest BCUT2D eigenvalue weighted by atomic mass is 16.5. The third-order valence-electron chi connectivity index (χ3n) is 6.52. The van der Waals surface area contributed by atoms with Gasteiger partial charge in [0.1, 0.15) is 19.0 Å². The molecule has 3 aromatic carbocycles. The monoisotopic (exact) mass is 588 g/mol. The number of carbonyl (C=O) groups excluding carboxylic acids is 2. The third kappa shape index (κ3) is 8.49. The van der Waals surface area contributed by atoms with Crippen LogP contribution >= 0.6 is 0 Å². The molecule has 1 aliphatic rings. The van der Waals surface area contributed by atoms with E-state index in [9.17, 15) is 14.7 Å². The molecular weight excluding hydrogens is 552 g/mol. The van der Waals surface area contributed by atoms with Crippen molar-refractivity contribution >= 4 is 18.2 Å². The van der Waals surface area contributed by atoms with Crippen LogP contribution < -0.4 is 30.3 Å². The SMILES string of the molecule is CCOc1cc([C@@H]2NC(=O)NC(C)=C2C(=O)OC)ccc1OC[C@H](O)N/N=C\c1ccc(OCc2ccc(C)cc2)cc1. The number of carbonyl (C=O) groups is 2. The van der Waals surface area contributed by atoms with E-state index in [2.05, 4.69) is 33.3 Å². The van der Waals surface area contributed by atoms with Gasteiger partial charge in [0.05, 0.1) is 31.5 Å².